The van der Waals surface area contributed by atoms with Crippen molar-refractivity contribution in [1.29, 1.82) is 0 Å². The van der Waals surface area contributed by atoms with E-state index in [1.165, 1.54) is 12.8 Å². The Bertz CT molecular complexity index is 677. The Morgan fingerprint density at radius 2 is 2.19 bits per heavy atom. The van der Waals surface area contributed by atoms with Crippen LogP contribution >= 0.6 is 11.6 Å². The van der Waals surface area contributed by atoms with Gasteiger partial charge < -0.3 is 9.73 Å². The standard InChI is InChI=1S/C17H20ClNO2/c1-10-4-3-5-13(8-10)19-17(20)16-11(2)14-9-12(18)6-7-15(14)21-16/h6-7,9-10,13H,3-5,8H2,1-2H3,(H,19,20). The van der Waals surface area contributed by atoms with Crippen LogP contribution in [0, 0.1) is 12.8 Å². The van der Waals surface area contributed by atoms with Gasteiger partial charge in [0.25, 0.3) is 5.91 Å². The number of aryl methyl sites for hydroxylation is 1. The van der Waals surface area contributed by atoms with Crippen molar-refractivity contribution in [3.05, 3.63) is 34.5 Å². The van der Waals surface area contributed by atoms with Gasteiger partial charge in [-0.3, -0.25) is 4.79 Å². The van der Waals surface area contributed by atoms with Gasteiger partial charge in [0.2, 0.25) is 0 Å². The maximum atomic E-state index is 12.5. The SMILES string of the molecule is Cc1c(C(=O)NC2CCCC(C)C2)oc2ccc(Cl)cc12. The topological polar surface area (TPSA) is 42.2 Å². The Labute approximate surface area is 129 Å². The molecule has 2 unspecified atom stereocenters. The molecule has 4 heteroatoms. The first-order valence-corrected chi connectivity index (χ1v) is 7.92. The van der Waals surface area contributed by atoms with Crippen molar-refractivity contribution in [3.63, 3.8) is 0 Å². The van der Waals surface area contributed by atoms with Crippen LogP contribution in [0.3, 0.4) is 0 Å². The van der Waals surface area contributed by atoms with E-state index in [-0.39, 0.29) is 11.9 Å². The van der Waals surface area contributed by atoms with E-state index in [0.717, 1.165) is 23.8 Å². The third-order valence-electron chi connectivity index (χ3n) is 4.38. The second-order valence-corrected chi connectivity index (χ2v) is 6.58. The van der Waals surface area contributed by atoms with Crippen molar-refractivity contribution in [2.75, 3.05) is 0 Å². The third-order valence-corrected chi connectivity index (χ3v) is 4.61. The average Bonchev–Trinajstić information content (AvgIpc) is 2.76. The van der Waals surface area contributed by atoms with E-state index >= 15 is 0 Å². The summed E-state index contributed by atoms with van der Waals surface area (Å²) in [5.74, 6) is 0.976. The number of carbonyl (C=O) groups is 1. The highest BCUT2D eigenvalue weighted by Gasteiger charge is 2.24. The first-order valence-electron chi connectivity index (χ1n) is 7.54. The van der Waals surface area contributed by atoms with Crippen molar-refractivity contribution >= 4 is 28.5 Å². The van der Waals surface area contributed by atoms with Gasteiger partial charge in [-0.2, -0.15) is 0 Å². The Morgan fingerprint density at radius 1 is 1.38 bits per heavy atom. The second kappa shape index (κ2) is 5.72. The van der Waals surface area contributed by atoms with Crippen LogP contribution in [0.15, 0.2) is 22.6 Å². The van der Waals surface area contributed by atoms with Crippen LogP contribution < -0.4 is 5.32 Å². The minimum atomic E-state index is -0.112. The van der Waals surface area contributed by atoms with E-state index in [9.17, 15) is 4.79 Å². The number of fused-ring (bicyclic) bond motifs is 1. The van der Waals surface area contributed by atoms with Gasteiger partial charge in [0, 0.05) is 22.0 Å². The predicted octanol–water partition coefficient (Wildman–Crippen LogP) is 4.70. The number of carbonyl (C=O) groups excluding carboxylic acids is 1. The molecule has 1 fully saturated rings. The van der Waals surface area contributed by atoms with Crippen molar-refractivity contribution in [1.82, 2.24) is 5.32 Å². The molecule has 0 radical (unpaired) electrons. The summed E-state index contributed by atoms with van der Waals surface area (Å²) in [6, 6.07) is 5.69. The van der Waals surface area contributed by atoms with Gasteiger partial charge in [-0.15, -0.1) is 0 Å². The van der Waals surface area contributed by atoms with Crippen LogP contribution in [-0.2, 0) is 0 Å². The molecular formula is C17H20ClNO2. The molecule has 1 aliphatic rings. The Morgan fingerprint density at radius 3 is 2.95 bits per heavy atom. The number of rotatable bonds is 2. The molecular weight excluding hydrogens is 286 g/mol. The summed E-state index contributed by atoms with van der Waals surface area (Å²) in [7, 11) is 0. The molecule has 1 aromatic carbocycles. The molecule has 0 spiro atoms. The lowest BCUT2D eigenvalue weighted by molar-refractivity contribution is 0.0894. The number of nitrogens with one attached hydrogen (secondary N) is 1. The maximum Gasteiger partial charge on any atom is 0.287 e. The van der Waals surface area contributed by atoms with Gasteiger partial charge in [-0.25, -0.2) is 0 Å². The fraction of sp³-hybridized carbons (Fsp3) is 0.471. The van der Waals surface area contributed by atoms with E-state index in [2.05, 4.69) is 12.2 Å². The normalized spacial score (nSPS) is 22.4. The number of furan rings is 1. The van der Waals surface area contributed by atoms with Crippen LogP contribution in [0.25, 0.3) is 11.0 Å². The van der Waals surface area contributed by atoms with Gasteiger partial charge in [0.1, 0.15) is 5.58 Å². The summed E-state index contributed by atoms with van der Waals surface area (Å²) in [6.07, 6.45) is 4.55. The molecule has 2 atom stereocenters. The zero-order valence-electron chi connectivity index (χ0n) is 12.4. The molecule has 3 nitrogen and oxygen atoms in total. The van der Waals surface area contributed by atoms with E-state index in [1.54, 1.807) is 6.07 Å². The second-order valence-electron chi connectivity index (χ2n) is 6.14. The minimum absolute atomic E-state index is 0.112. The molecule has 0 aliphatic heterocycles. The summed E-state index contributed by atoms with van der Waals surface area (Å²) in [5.41, 5.74) is 1.56. The molecule has 1 aromatic heterocycles. The lowest BCUT2D eigenvalue weighted by atomic mass is 9.87. The van der Waals surface area contributed by atoms with Gasteiger partial charge >= 0.3 is 0 Å². The number of benzene rings is 1. The average molecular weight is 306 g/mol. The zero-order valence-corrected chi connectivity index (χ0v) is 13.2. The van der Waals surface area contributed by atoms with E-state index < -0.39 is 0 Å². The van der Waals surface area contributed by atoms with Crippen LogP contribution in [0.5, 0.6) is 0 Å². The highest BCUT2D eigenvalue weighted by Crippen LogP contribution is 2.29. The molecule has 1 heterocycles. The predicted molar refractivity (Wildman–Crippen MR) is 84.8 cm³/mol. The van der Waals surface area contributed by atoms with Crippen LogP contribution in [0.2, 0.25) is 5.02 Å². The van der Waals surface area contributed by atoms with Crippen LogP contribution in [-0.4, -0.2) is 11.9 Å². The molecule has 1 amide bonds. The highest BCUT2D eigenvalue weighted by atomic mass is 35.5. The Hall–Kier alpha value is -1.48. The first kappa shape index (κ1) is 14.5. The number of hydrogen-bond acceptors (Lipinski definition) is 2. The number of halogens is 1. The largest absolute Gasteiger partial charge is 0.451 e. The zero-order chi connectivity index (χ0) is 15.0. The lowest BCUT2D eigenvalue weighted by Crippen LogP contribution is -2.38. The Balaban J connectivity index is 1.82. The number of hydrogen-bond donors (Lipinski definition) is 1. The first-order chi connectivity index (χ1) is 10.0. The van der Waals surface area contributed by atoms with Crippen molar-refractivity contribution in [3.8, 4) is 0 Å². The van der Waals surface area contributed by atoms with Gasteiger partial charge in [-0.05, 0) is 43.9 Å². The van der Waals surface area contributed by atoms with Crippen molar-refractivity contribution < 1.29 is 9.21 Å². The van der Waals surface area contributed by atoms with E-state index in [1.807, 2.05) is 19.1 Å². The summed E-state index contributed by atoms with van der Waals surface area (Å²) < 4.78 is 5.71. The monoisotopic (exact) mass is 305 g/mol. The van der Waals surface area contributed by atoms with Crippen molar-refractivity contribution in [2.45, 2.75) is 45.6 Å². The summed E-state index contributed by atoms with van der Waals surface area (Å²) >= 11 is 6.01. The molecule has 21 heavy (non-hydrogen) atoms. The van der Waals surface area contributed by atoms with Gasteiger partial charge in [-0.1, -0.05) is 31.4 Å². The molecule has 0 bridgehead atoms. The van der Waals surface area contributed by atoms with E-state index in [0.29, 0.717) is 22.3 Å². The minimum Gasteiger partial charge on any atom is -0.451 e. The summed E-state index contributed by atoms with van der Waals surface area (Å²) in [5, 5.41) is 4.68. The molecule has 0 saturated heterocycles. The quantitative estimate of drug-likeness (QED) is 0.873. The van der Waals surface area contributed by atoms with E-state index in [4.69, 9.17) is 16.0 Å². The van der Waals surface area contributed by atoms with Crippen molar-refractivity contribution in [2.24, 2.45) is 5.92 Å². The van der Waals surface area contributed by atoms with Crippen LogP contribution in [0.4, 0.5) is 0 Å². The smallest absolute Gasteiger partial charge is 0.287 e. The molecule has 112 valence electrons. The van der Waals surface area contributed by atoms with Crippen LogP contribution in [0.1, 0.15) is 48.7 Å². The third kappa shape index (κ3) is 2.93. The molecule has 1 saturated carbocycles. The Kier molecular flexibility index (Phi) is 3.94. The molecule has 1 N–H and O–H groups in total. The molecule has 3 rings (SSSR count). The molecule has 1 aliphatic carbocycles. The fourth-order valence-corrected chi connectivity index (χ4v) is 3.40. The fourth-order valence-electron chi connectivity index (χ4n) is 3.23. The highest BCUT2D eigenvalue weighted by molar-refractivity contribution is 6.31. The summed E-state index contributed by atoms with van der Waals surface area (Å²) in [4.78, 5) is 12.5. The lowest BCUT2D eigenvalue weighted by Gasteiger charge is -2.27. The summed E-state index contributed by atoms with van der Waals surface area (Å²) in [6.45, 7) is 4.15. The van der Waals surface area contributed by atoms with Gasteiger partial charge in [0.05, 0.1) is 0 Å². The van der Waals surface area contributed by atoms with Gasteiger partial charge in [0.15, 0.2) is 5.76 Å². The molecule has 2 aromatic rings. The number of amides is 1. The maximum absolute atomic E-state index is 12.5.